The van der Waals surface area contributed by atoms with Crippen LogP contribution >= 0.6 is 15.9 Å². The molecule has 4 nitrogen and oxygen atoms in total. The summed E-state index contributed by atoms with van der Waals surface area (Å²) in [5, 5.41) is 6.11. The quantitative estimate of drug-likeness (QED) is 0.410. The van der Waals surface area contributed by atoms with Crippen LogP contribution in [-0.2, 0) is 6.42 Å². The lowest BCUT2D eigenvalue weighted by Crippen LogP contribution is -2.15. The minimum Gasteiger partial charge on any atom is -0.324 e. The van der Waals surface area contributed by atoms with E-state index < -0.39 is 0 Å². The Morgan fingerprint density at radius 1 is 0.964 bits per heavy atom. The zero-order chi connectivity index (χ0) is 19.7. The standard InChI is InChI=1S/C23H23BrN4/c1-15(2)28-21-12-6-5-11-19(21)23(27-28)18-10-4-3-9-17(18)20(25)14-16-8-7-13-22(24)26-16/h3-13,15,20H,14,25H2,1-2H3/t20-/m0/s1. The summed E-state index contributed by atoms with van der Waals surface area (Å²) in [4.78, 5) is 4.54. The number of nitrogens with zero attached hydrogens (tertiary/aromatic N) is 3. The van der Waals surface area contributed by atoms with Crippen molar-refractivity contribution in [1.29, 1.82) is 0 Å². The molecule has 0 bridgehead atoms. The highest BCUT2D eigenvalue weighted by Gasteiger charge is 2.19. The van der Waals surface area contributed by atoms with Gasteiger partial charge in [0.2, 0.25) is 0 Å². The maximum absolute atomic E-state index is 6.64. The molecule has 4 rings (SSSR count). The second-order valence-corrected chi connectivity index (χ2v) is 8.07. The third-order valence-corrected chi connectivity index (χ3v) is 5.36. The summed E-state index contributed by atoms with van der Waals surface area (Å²) in [7, 11) is 0. The first-order valence-corrected chi connectivity index (χ1v) is 10.3. The number of hydrogen-bond acceptors (Lipinski definition) is 3. The van der Waals surface area contributed by atoms with Crippen molar-refractivity contribution in [3.8, 4) is 11.3 Å². The SMILES string of the molecule is CC(C)n1nc(-c2ccccc2[C@@H](N)Cc2cccc(Br)n2)c2ccccc21. The van der Waals surface area contributed by atoms with Crippen molar-refractivity contribution < 1.29 is 0 Å². The highest BCUT2D eigenvalue weighted by Crippen LogP contribution is 2.34. The maximum atomic E-state index is 6.64. The van der Waals surface area contributed by atoms with E-state index in [1.807, 2.05) is 30.3 Å². The first-order valence-electron chi connectivity index (χ1n) is 9.48. The molecular formula is C23H23BrN4. The molecule has 2 N–H and O–H groups in total. The topological polar surface area (TPSA) is 56.7 Å². The summed E-state index contributed by atoms with van der Waals surface area (Å²) >= 11 is 3.44. The van der Waals surface area contributed by atoms with E-state index in [2.05, 4.69) is 75.8 Å². The van der Waals surface area contributed by atoms with Crippen LogP contribution < -0.4 is 5.73 Å². The predicted octanol–water partition coefficient (Wildman–Crippen LogP) is 5.68. The van der Waals surface area contributed by atoms with Crippen molar-refractivity contribution in [2.75, 3.05) is 0 Å². The Kier molecular flexibility index (Phi) is 5.29. The fourth-order valence-electron chi connectivity index (χ4n) is 3.62. The number of nitrogens with two attached hydrogens (primary N) is 1. The van der Waals surface area contributed by atoms with Gasteiger partial charge in [0, 0.05) is 35.1 Å². The zero-order valence-corrected chi connectivity index (χ0v) is 17.6. The molecule has 142 valence electrons. The molecule has 0 amide bonds. The van der Waals surface area contributed by atoms with E-state index in [4.69, 9.17) is 10.8 Å². The van der Waals surface area contributed by atoms with E-state index in [0.29, 0.717) is 6.42 Å². The van der Waals surface area contributed by atoms with Gasteiger partial charge in [-0.2, -0.15) is 5.10 Å². The van der Waals surface area contributed by atoms with Crippen molar-refractivity contribution in [1.82, 2.24) is 14.8 Å². The molecule has 5 heteroatoms. The van der Waals surface area contributed by atoms with Crippen LogP contribution in [0.25, 0.3) is 22.2 Å². The van der Waals surface area contributed by atoms with E-state index in [1.54, 1.807) is 0 Å². The average molecular weight is 435 g/mol. The second-order valence-electron chi connectivity index (χ2n) is 7.25. The fourth-order valence-corrected chi connectivity index (χ4v) is 4.00. The summed E-state index contributed by atoms with van der Waals surface area (Å²) in [6.07, 6.45) is 0.666. The first-order chi connectivity index (χ1) is 13.5. The molecule has 0 spiro atoms. The van der Waals surface area contributed by atoms with Gasteiger partial charge < -0.3 is 5.73 Å². The molecule has 28 heavy (non-hydrogen) atoms. The third-order valence-electron chi connectivity index (χ3n) is 4.92. The molecule has 0 aliphatic carbocycles. The molecule has 0 saturated carbocycles. The zero-order valence-electron chi connectivity index (χ0n) is 16.0. The van der Waals surface area contributed by atoms with Gasteiger partial charge in [-0.25, -0.2) is 4.98 Å². The smallest absolute Gasteiger partial charge is 0.106 e. The largest absolute Gasteiger partial charge is 0.324 e. The Hall–Kier alpha value is -2.50. The predicted molar refractivity (Wildman–Crippen MR) is 118 cm³/mol. The van der Waals surface area contributed by atoms with Gasteiger partial charge in [0.25, 0.3) is 0 Å². The Bertz CT molecular complexity index is 1120. The molecule has 4 aromatic rings. The summed E-state index contributed by atoms with van der Waals surface area (Å²) < 4.78 is 2.91. The van der Waals surface area contributed by atoms with Crippen molar-refractivity contribution in [3.63, 3.8) is 0 Å². The number of halogens is 1. The Morgan fingerprint density at radius 3 is 2.50 bits per heavy atom. The highest BCUT2D eigenvalue weighted by atomic mass is 79.9. The monoisotopic (exact) mass is 434 g/mol. The van der Waals surface area contributed by atoms with E-state index in [0.717, 1.165) is 38.0 Å². The normalized spacial score (nSPS) is 12.6. The summed E-state index contributed by atoms with van der Waals surface area (Å²) in [6, 6.07) is 22.7. The lowest BCUT2D eigenvalue weighted by molar-refractivity contribution is 0.552. The highest BCUT2D eigenvalue weighted by molar-refractivity contribution is 9.10. The minimum absolute atomic E-state index is 0.166. The molecule has 1 atom stereocenters. The molecule has 0 saturated heterocycles. The van der Waals surface area contributed by atoms with Crippen molar-refractivity contribution in [3.05, 3.63) is 82.6 Å². The van der Waals surface area contributed by atoms with Crippen LogP contribution in [0.1, 0.15) is 37.2 Å². The van der Waals surface area contributed by atoms with Gasteiger partial charge in [-0.15, -0.1) is 0 Å². The van der Waals surface area contributed by atoms with E-state index in [9.17, 15) is 0 Å². The van der Waals surface area contributed by atoms with E-state index in [1.165, 1.54) is 0 Å². The number of hydrogen-bond donors (Lipinski definition) is 1. The average Bonchev–Trinajstić information content (AvgIpc) is 3.08. The molecule has 2 aromatic carbocycles. The first kappa shape index (κ1) is 18.8. The molecule has 0 radical (unpaired) electrons. The van der Waals surface area contributed by atoms with Gasteiger partial charge in [0.1, 0.15) is 10.3 Å². The van der Waals surface area contributed by atoms with Gasteiger partial charge in [-0.05, 0) is 53.5 Å². The Morgan fingerprint density at radius 2 is 1.71 bits per heavy atom. The van der Waals surface area contributed by atoms with Crippen LogP contribution in [-0.4, -0.2) is 14.8 Å². The molecular weight excluding hydrogens is 412 g/mol. The van der Waals surface area contributed by atoms with Crippen LogP contribution in [0.5, 0.6) is 0 Å². The van der Waals surface area contributed by atoms with Crippen LogP contribution in [0, 0.1) is 0 Å². The summed E-state index contributed by atoms with van der Waals surface area (Å²) in [5.74, 6) is 0. The molecule has 0 aliphatic rings. The Labute approximate surface area is 173 Å². The number of para-hydroxylation sites is 1. The van der Waals surface area contributed by atoms with Crippen LogP contribution in [0.4, 0.5) is 0 Å². The lowest BCUT2D eigenvalue weighted by atomic mass is 9.94. The lowest BCUT2D eigenvalue weighted by Gasteiger charge is -2.16. The van der Waals surface area contributed by atoms with E-state index >= 15 is 0 Å². The summed E-state index contributed by atoms with van der Waals surface area (Å²) in [5.41, 5.74) is 11.9. The van der Waals surface area contributed by atoms with Gasteiger partial charge in [0.05, 0.1) is 5.52 Å². The number of aromatic nitrogens is 3. The summed E-state index contributed by atoms with van der Waals surface area (Å²) in [6.45, 7) is 4.31. The molecule has 0 aliphatic heterocycles. The number of fused-ring (bicyclic) bond motifs is 1. The number of pyridine rings is 1. The van der Waals surface area contributed by atoms with Crippen LogP contribution in [0.15, 0.2) is 71.3 Å². The van der Waals surface area contributed by atoms with Crippen molar-refractivity contribution >= 4 is 26.8 Å². The third kappa shape index (κ3) is 3.60. The molecule has 2 aromatic heterocycles. The minimum atomic E-state index is -0.166. The maximum Gasteiger partial charge on any atom is 0.106 e. The van der Waals surface area contributed by atoms with Crippen molar-refractivity contribution in [2.45, 2.75) is 32.4 Å². The van der Waals surface area contributed by atoms with Gasteiger partial charge in [-0.1, -0.05) is 48.5 Å². The second kappa shape index (κ2) is 7.86. The van der Waals surface area contributed by atoms with Gasteiger partial charge in [-0.3, -0.25) is 4.68 Å². The van der Waals surface area contributed by atoms with E-state index in [-0.39, 0.29) is 12.1 Å². The van der Waals surface area contributed by atoms with Crippen molar-refractivity contribution in [2.24, 2.45) is 5.73 Å². The molecule has 0 unspecified atom stereocenters. The van der Waals surface area contributed by atoms with Gasteiger partial charge >= 0.3 is 0 Å². The Balaban J connectivity index is 1.79. The molecule has 2 heterocycles. The number of benzene rings is 2. The van der Waals surface area contributed by atoms with Crippen LogP contribution in [0.2, 0.25) is 0 Å². The number of rotatable bonds is 5. The molecule has 0 fully saturated rings. The van der Waals surface area contributed by atoms with Crippen LogP contribution in [0.3, 0.4) is 0 Å². The fraction of sp³-hybridized carbons (Fsp3) is 0.217. The van der Waals surface area contributed by atoms with Gasteiger partial charge in [0.15, 0.2) is 0 Å².